The predicted molar refractivity (Wildman–Crippen MR) is 107 cm³/mol. The Balaban J connectivity index is 0.00000182. The van der Waals surface area contributed by atoms with Crippen LogP contribution in [0.5, 0.6) is 11.6 Å². The molecule has 1 heterocycles. The zero-order chi connectivity index (χ0) is 17.6. The van der Waals surface area contributed by atoms with Gasteiger partial charge in [-0.2, -0.15) is 0 Å². The van der Waals surface area contributed by atoms with Crippen molar-refractivity contribution >= 4 is 30.7 Å². The first-order valence-corrected chi connectivity index (χ1v) is 8.52. The lowest BCUT2D eigenvalue weighted by atomic mass is 9.85. The fourth-order valence-electron chi connectivity index (χ4n) is 3.09. The fraction of sp³-hybridized carbons (Fsp3) is 0.368. The van der Waals surface area contributed by atoms with E-state index in [1.807, 2.05) is 6.07 Å². The summed E-state index contributed by atoms with van der Waals surface area (Å²) in [4.78, 5) is 16.5. The molecule has 1 aromatic carbocycles. The Kier molecular flexibility index (Phi) is 9.49. The van der Waals surface area contributed by atoms with Crippen LogP contribution in [-0.4, -0.2) is 16.9 Å². The number of hydrogen-bond donors (Lipinski definition) is 2. The van der Waals surface area contributed by atoms with Crippen molar-refractivity contribution in [1.29, 1.82) is 0 Å². The van der Waals surface area contributed by atoms with Crippen LogP contribution in [0.3, 0.4) is 0 Å². The molecule has 2 aromatic rings. The van der Waals surface area contributed by atoms with E-state index in [1.165, 1.54) is 12.1 Å². The Hall–Kier alpha value is -1.89. The van der Waals surface area contributed by atoms with Crippen molar-refractivity contribution in [2.24, 2.45) is 11.7 Å². The summed E-state index contributed by atoms with van der Waals surface area (Å²) in [6, 6.07) is 9.58. The molecule has 3 N–H and O–H groups in total. The van der Waals surface area contributed by atoms with E-state index in [9.17, 15) is 9.18 Å². The van der Waals surface area contributed by atoms with Gasteiger partial charge in [0.05, 0.1) is 0 Å². The Morgan fingerprint density at radius 2 is 2.07 bits per heavy atom. The summed E-state index contributed by atoms with van der Waals surface area (Å²) < 4.78 is 19.0. The van der Waals surface area contributed by atoms with Crippen molar-refractivity contribution < 1.29 is 13.9 Å². The van der Waals surface area contributed by atoms with Crippen LogP contribution in [0.4, 0.5) is 4.39 Å². The van der Waals surface area contributed by atoms with E-state index < -0.39 is 0 Å². The zero-order valence-electron chi connectivity index (χ0n) is 14.8. The average Bonchev–Trinajstić information content (AvgIpc) is 2.61. The molecule has 0 radical (unpaired) electrons. The van der Waals surface area contributed by atoms with Gasteiger partial charge in [-0.3, -0.25) is 4.79 Å². The number of rotatable bonds is 5. The molecule has 8 heteroatoms. The Morgan fingerprint density at radius 3 is 2.81 bits per heavy atom. The minimum absolute atomic E-state index is 0. The molecule has 0 aliphatic heterocycles. The number of nitrogens with two attached hydrogens (primary N) is 1. The molecule has 2 atom stereocenters. The maximum Gasteiger partial charge on any atom is 0.224 e. The number of halogens is 3. The van der Waals surface area contributed by atoms with E-state index in [0.717, 1.165) is 31.2 Å². The van der Waals surface area contributed by atoms with Crippen molar-refractivity contribution in [2.45, 2.75) is 38.3 Å². The average molecular weight is 416 g/mol. The standard InChI is InChI=1S/C19H22FN3O2.2ClH/c20-15-6-2-8-17(11-15)25-19-14(5-3-9-22-19)12-23-18(24)13-4-1-7-16(21)10-13;;/h2-3,5-6,8-9,11,13,16H,1,4,7,10,12,21H2,(H,23,24);2*1H. The van der Waals surface area contributed by atoms with Gasteiger partial charge in [-0.1, -0.05) is 18.6 Å². The van der Waals surface area contributed by atoms with Crippen LogP contribution in [0.1, 0.15) is 31.2 Å². The molecule has 1 aliphatic rings. The fourth-order valence-corrected chi connectivity index (χ4v) is 3.09. The van der Waals surface area contributed by atoms with Gasteiger partial charge in [-0.25, -0.2) is 9.37 Å². The first-order chi connectivity index (χ1) is 12.1. The second kappa shape index (κ2) is 11.1. The van der Waals surface area contributed by atoms with Crippen molar-refractivity contribution in [3.63, 3.8) is 0 Å². The van der Waals surface area contributed by atoms with E-state index >= 15 is 0 Å². The van der Waals surface area contributed by atoms with Crippen molar-refractivity contribution in [3.05, 3.63) is 54.0 Å². The predicted octanol–water partition coefficient (Wildman–Crippen LogP) is 3.99. The summed E-state index contributed by atoms with van der Waals surface area (Å²) in [5.74, 6) is 0.318. The number of hydrogen-bond acceptors (Lipinski definition) is 4. The quantitative estimate of drug-likeness (QED) is 0.773. The summed E-state index contributed by atoms with van der Waals surface area (Å²) >= 11 is 0. The highest BCUT2D eigenvalue weighted by Crippen LogP contribution is 2.25. The highest BCUT2D eigenvalue weighted by Gasteiger charge is 2.25. The lowest BCUT2D eigenvalue weighted by Gasteiger charge is -2.25. The number of nitrogens with one attached hydrogen (secondary N) is 1. The lowest BCUT2D eigenvalue weighted by Crippen LogP contribution is -2.37. The minimum atomic E-state index is -0.378. The topological polar surface area (TPSA) is 77.2 Å². The maximum atomic E-state index is 13.3. The largest absolute Gasteiger partial charge is 0.439 e. The molecule has 27 heavy (non-hydrogen) atoms. The van der Waals surface area contributed by atoms with E-state index in [-0.39, 0.29) is 48.5 Å². The van der Waals surface area contributed by atoms with Gasteiger partial charge in [0.1, 0.15) is 11.6 Å². The SMILES string of the molecule is Cl.Cl.NC1CCCC(C(=O)NCc2cccnc2Oc2cccc(F)c2)C1. The lowest BCUT2D eigenvalue weighted by molar-refractivity contribution is -0.126. The van der Waals surface area contributed by atoms with Crippen molar-refractivity contribution in [1.82, 2.24) is 10.3 Å². The van der Waals surface area contributed by atoms with Crippen LogP contribution in [0.2, 0.25) is 0 Å². The van der Waals surface area contributed by atoms with Gasteiger partial charge in [-0.05, 0) is 37.5 Å². The molecule has 1 fully saturated rings. The summed E-state index contributed by atoms with van der Waals surface area (Å²) in [6.45, 7) is 0.309. The van der Waals surface area contributed by atoms with Gasteiger partial charge < -0.3 is 15.8 Å². The molecule has 3 rings (SSSR count). The molecule has 148 valence electrons. The Bertz CT molecular complexity index is 748. The van der Waals surface area contributed by atoms with Crippen molar-refractivity contribution in [2.75, 3.05) is 0 Å². The van der Waals surface area contributed by atoms with E-state index in [1.54, 1.807) is 24.4 Å². The number of carbonyl (C=O) groups excluding carboxylic acids is 1. The summed E-state index contributed by atoms with van der Waals surface area (Å²) in [5, 5.41) is 2.94. The summed E-state index contributed by atoms with van der Waals surface area (Å²) in [6.07, 6.45) is 5.17. The molecular formula is C19H24Cl2FN3O2. The van der Waals surface area contributed by atoms with Crippen LogP contribution in [0.15, 0.2) is 42.6 Å². The smallest absolute Gasteiger partial charge is 0.224 e. The Morgan fingerprint density at radius 1 is 1.26 bits per heavy atom. The molecule has 1 aromatic heterocycles. The summed E-state index contributed by atoms with van der Waals surface area (Å²) in [5.41, 5.74) is 6.69. The molecule has 2 unspecified atom stereocenters. The first-order valence-electron chi connectivity index (χ1n) is 8.52. The minimum Gasteiger partial charge on any atom is -0.439 e. The highest BCUT2D eigenvalue weighted by atomic mass is 35.5. The number of amides is 1. The molecule has 1 aliphatic carbocycles. The number of pyridine rings is 1. The van der Waals surface area contributed by atoms with Gasteiger partial charge in [0.15, 0.2) is 0 Å². The normalized spacial score (nSPS) is 18.6. The van der Waals surface area contributed by atoms with E-state index in [4.69, 9.17) is 10.5 Å². The number of aromatic nitrogens is 1. The van der Waals surface area contributed by atoms with Crippen LogP contribution < -0.4 is 15.8 Å². The van der Waals surface area contributed by atoms with Crippen LogP contribution in [0.25, 0.3) is 0 Å². The molecule has 1 amide bonds. The first kappa shape index (κ1) is 23.1. The molecular weight excluding hydrogens is 392 g/mol. The Labute approximate surface area is 170 Å². The van der Waals surface area contributed by atoms with Crippen molar-refractivity contribution in [3.8, 4) is 11.6 Å². The second-order valence-corrected chi connectivity index (χ2v) is 6.37. The van der Waals surface area contributed by atoms with Gasteiger partial charge in [0, 0.05) is 36.3 Å². The second-order valence-electron chi connectivity index (χ2n) is 6.37. The van der Waals surface area contributed by atoms with Gasteiger partial charge in [0.25, 0.3) is 0 Å². The number of carbonyl (C=O) groups is 1. The molecule has 5 nitrogen and oxygen atoms in total. The third-order valence-electron chi connectivity index (χ3n) is 4.40. The van der Waals surface area contributed by atoms with Crippen LogP contribution >= 0.6 is 24.8 Å². The number of nitrogens with zero attached hydrogens (tertiary/aromatic N) is 1. The number of ether oxygens (including phenoxy) is 1. The third kappa shape index (κ3) is 6.65. The van der Waals surface area contributed by atoms with Crippen LogP contribution in [0, 0.1) is 11.7 Å². The molecule has 1 saturated carbocycles. The zero-order valence-corrected chi connectivity index (χ0v) is 16.4. The molecule has 0 bridgehead atoms. The van der Waals surface area contributed by atoms with Gasteiger partial charge in [0.2, 0.25) is 11.8 Å². The van der Waals surface area contributed by atoms with Gasteiger partial charge in [-0.15, -0.1) is 24.8 Å². The third-order valence-corrected chi connectivity index (χ3v) is 4.40. The van der Waals surface area contributed by atoms with E-state index in [2.05, 4.69) is 10.3 Å². The highest BCUT2D eigenvalue weighted by molar-refractivity contribution is 5.85. The maximum absolute atomic E-state index is 13.3. The summed E-state index contributed by atoms with van der Waals surface area (Å²) in [7, 11) is 0. The van der Waals surface area contributed by atoms with Crippen LogP contribution in [-0.2, 0) is 11.3 Å². The molecule has 0 saturated heterocycles. The molecule has 0 spiro atoms. The number of benzene rings is 1. The van der Waals surface area contributed by atoms with E-state index in [0.29, 0.717) is 18.2 Å². The van der Waals surface area contributed by atoms with Gasteiger partial charge >= 0.3 is 0 Å². The monoisotopic (exact) mass is 415 g/mol.